The summed E-state index contributed by atoms with van der Waals surface area (Å²) in [4.78, 5) is 2.27. The second kappa shape index (κ2) is 5.39. The summed E-state index contributed by atoms with van der Waals surface area (Å²) >= 11 is 6.03. The van der Waals surface area contributed by atoms with Crippen molar-refractivity contribution in [2.45, 2.75) is 19.4 Å². The second-order valence-electron chi connectivity index (χ2n) is 4.21. The molecule has 17 heavy (non-hydrogen) atoms. The van der Waals surface area contributed by atoms with Gasteiger partial charge in [0.15, 0.2) is 0 Å². The Morgan fingerprint density at radius 3 is 3.00 bits per heavy atom. The standard InChI is InChI=1S/C13H16ClN3/c1-2-17(12-5-6-16-9-12)13-7-11(14)4-3-10(13)8-15/h3-4,7,12,16H,2,5-6,9H2,1H3. The van der Waals surface area contributed by atoms with Crippen LogP contribution in [0, 0.1) is 11.3 Å². The third-order valence-corrected chi connectivity index (χ3v) is 3.44. The molecule has 90 valence electrons. The minimum Gasteiger partial charge on any atom is -0.366 e. The highest BCUT2D eigenvalue weighted by Crippen LogP contribution is 2.27. The highest BCUT2D eigenvalue weighted by Gasteiger charge is 2.23. The molecule has 1 N–H and O–H groups in total. The van der Waals surface area contributed by atoms with Crippen molar-refractivity contribution >= 4 is 17.3 Å². The molecule has 0 aromatic heterocycles. The van der Waals surface area contributed by atoms with Crippen LogP contribution in [0.1, 0.15) is 18.9 Å². The number of rotatable bonds is 3. The predicted octanol–water partition coefficient (Wildman–Crippen LogP) is 2.40. The summed E-state index contributed by atoms with van der Waals surface area (Å²) in [6, 6.07) is 8.16. The first-order valence-electron chi connectivity index (χ1n) is 5.93. The van der Waals surface area contributed by atoms with Crippen molar-refractivity contribution in [2.24, 2.45) is 0 Å². The van der Waals surface area contributed by atoms with E-state index in [0.717, 1.165) is 31.7 Å². The van der Waals surface area contributed by atoms with Crippen LogP contribution < -0.4 is 10.2 Å². The lowest BCUT2D eigenvalue weighted by Gasteiger charge is -2.30. The minimum absolute atomic E-state index is 0.463. The summed E-state index contributed by atoms with van der Waals surface area (Å²) in [5, 5.41) is 13.2. The van der Waals surface area contributed by atoms with E-state index in [-0.39, 0.29) is 0 Å². The van der Waals surface area contributed by atoms with Gasteiger partial charge in [-0.15, -0.1) is 0 Å². The van der Waals surface area contributed by atoms with E-state index in [9.17, 15) is 0 Å². The van der Waals surface area contributed by atoms with Crippen LogP contribution in [0.4, 0.5) is 5.69 Å². The maximum absolute atomic E-state index is 9.16. The molecule has 0 aliphatic carbocycles. The van der Waals surface area contributed by atoms with Gasteiger partial charge in [0.05, 0.1) is 11.3 Å². The zero-order valence-electron chi connectivity index (χ0n) is 9.91. The molecule has 1 aromatic rings. The molecule has 1 unspecified atom stereocenters. The number of nitriles is 1. The van der Waals surface area contributed by atoms with Crippen LogP contribution >= 0.6 is 11.6 Å². The predicted molar refractivity (Wildman–Crippen MR) is 70.5 cm³/mol. The van der Waals surface area contributed by atoms with Crippen LogP contribution in [-0.4, -0.2) is 25.7 Å². The van der Waals surface area contributed by atoms with Gasteiger partial charge in [-0.1, -0.05) is 11.6 Å². The Labute approximate surface area is 107 Å². The molecule has 1 aliphatic heterocycles. The van der Waals surface area contributed by atoms with Crippen molar-refractivity contribution < 1.29 is 0 Å². The fourth-order valence-corrected chi connectivity index (χ4v) is 2.53. The molecule has 0 saturated carbocycles. The average molecular weight is 250 g/mol. The number of hydrogen-bond donors (Lipinski definition) is 1. The Morgan fingerprint density at radius 2 is 2.41 bits per heavy atom. The van der Waals surface area contributed by atoms with E-state index in [1.807, 2.05) is 6.07 Å². The van der Waals surface area contributed by atoms with E-state index < -0.39 is 0 Å². The van der Waals surface area contributed by atoms with E-state index in [1.54, 1.807) is 12.1 Å². The first-order valence-corrected chi connectivity index (χ1v) is 6.31. The van der Waals surface area contributed by atoms with Crippen molar-refractivity contribution in [3.8, 4) is 6.07 Å². The first kappa shape index (κ1) is 12.2. The van der Waals surface area contributed by atoms with Gasteiger partial charge in [-0.2, -0.15) is 5.26 Å². The smallest absolute Gasteiger partial charge is 0.101 e. The SMILES string of the molecule is CCN(c1cc(Cl)ccc1C#N)C1CCNC1. The van der Waals surface area contributed by atoms with Crippen LogP contribution in [0.15, 0.2) is 18.2 Å². The van der Waals surface area contributed by atoms with Gasteiger partial charge in [0.25, 0.3) is 0 Å². The quantitative estimate of drug-likeness (QED) is 0.894. The number of benzene rings is 1. The topological polar surface area (TPSA) is 39.1 Å². The molecule has 4 heteroatoms. The molecule has 0 amide bonds. The van der Waals surface area contributed by atoms with Crippen LogP contribution in [0.25, 0.3) is 0 Å². The molecule has 0 spiro atoms. The molecule has 1 fully saturated rings. The van der Waals surface area contributed by atoms with Crippen LogP contribution in [0.5, 0.6) is 0 Å². The summed E-state index contributed by atoms with van der Waals surface area (Å²) in [5.74, 6) is 0. The van der Waals surface area contributed by atoms with Gasteiger partial charge in [-0.3, -0.25) is 0 Å². The molecule has 0 radical (unpaired) electrons. The van der Waals surface area contributed by atoms with Crippen molar-refractivity contribution in [1.82, 2.24) is 5.32 Å². The molecule has 3 nitrogen and oxygen atoms in total. The maximum atomic E-state index is 9.16. The third kappa shape index (κ3) is 2.54. The largest absolute Gasteiger partial charge is 0.366 e. The fraction of sp³-hybridized carbons (Fsp3) is 0.462. The Kier molecular flexibility index (Phi) is 3.88. The van der Waals surface area contributed by atoms with E-state index in [1.165, 1.54) is 0 Å². The normalized spacial score (nSPS) is 19.0. The van der Waals surface area contributed by atoms with E-state index in [2.05, 4.69) is 23.2 Å². The van der Waals surface area contributed by atoms with E-state index >= 15 is 0 Å². The molecular formula is C13H16ClN3. The fourth-order valence-electron chi connectivity index (χ4n) is 2.37. The lowest BCUT2D eigenvalue weighted by molar-refractivity contribution is 0.647. The Bertz CT molecular complexity index is 433. The minimum atomic E-state index is 0.463. The first-order chi connectivity index (χ1) is 8.26. The van der Waals surface area contributed by atoms with Gasteiger partial charge >= 0.3 is 0 Å². The molecule has 2 rings (SSSR count). The summed E-state index contributed by atoms with van der Waals surface area (Å²) in [6.07, 6.45) is 1.12. The highest BCUT2D eigenvalue weighted by atomic mass is 35.5. The number of halogens is 1. The zero-order chi connectivity index (χ0) is 12.3. The second-order valence-corrected chi connectivity index (χ2v) is 4.64. The molecule has 0 bridgehead atoms. The van der Waals surface area contributed by atoms with Gasteiger partial charge < -0.3 is 10.2 Å². The van der Waals surface area contributed by atoms with Crippen molar-refractivity contribution in [1.29, 1.82) is 5.26 Å². The number of anilines is 1. The summed E-state index contributed by atoms with van der Waals surface area (Å²) in [5.41, 5.74) is 1.65. The number of likely N-dealkylation sites (N-methyl/N-ethyl adjacent to an activating group) is 1. The van der Waals surface area contributed by atoms with E-state index in [0.29, 0.717) is 16.6 Å². The van der Waals surface area contributed by atoms with Crippen LogP contribution in [0.3, 0.4) is 0 Å². The van der Waals surface area contributed by atoms with Crippen LogP contribution in [0.2, 0.25) is 5.02 Å². The Balaban J connectivity index is 2.35. The highest BCUT2D eigenvalue weighted by molar-refractivity contribution is 6.30. The number of nitrogens with zero attached hydrogens (tertiary/aromatic N) is 2. The summed E-state index contributed by atoms with van der Waals surface area (Å²) < 4.78 is 0. The maximum Gasteiger partial charge on any atom is 0.101 e. The average Bonchev–Trinajstić information content (AvgIpc) is 2.84. The lowest BCUT2D eigenvalue weighted by Crippen LogP contribution is -2.37. The number of nitrogens with one attached hydrogen (secondary N) is 1. The van der Waals surface area contributed by atoms with Crippen molar-refractivity contribution in [2.75, 3.05) is 24.5 Å². The Morgan fingerprint density at radius 1 is 1.59 bits per heavy atom. The molecule has 1 heterocycles. The Hall–Kier alpha value is -1.24. The van der Waals surface area contributed by atoms with Crippen molar-refractivity contribution in [3.63, 3.8) is 0 Å². The third-order valence-electron chi connectivity index (χ3n) is 3.21. The summed E-state index contributed by atoms with van der Waals surface area (Å²) in [7, 11) is 0. The van der Waals surface area contributed by atoms with Gasteiger partial charge in [0.2, 0.25) is 0 Å². The molecular weight excluding hydrogens is 234 g/mol. The van der Waals surface area contributed by atoms with E-state index in [4.69, 9.17) is 16.9 Å². The summed E-state index contributed by atoms with van der Waals surface area (Å²) in [6.45, 7) is 5.02. The van der Waals surface area contributed by atoms with Crippen molar-refractivity contribution in [3.05, 3.63) is 28.8 Å². The number of hydrogen-bond acceptors (Lipinski definition) is 3. The van der Waals surface area contributed by atoms with Crippen LogP contribution in [-0.2, 0) is 0 Å². The van der Waals surface area contributed by atoms with Gasteiger partial charge in [0, 0.05) is 24.2 Å². The molecule has 1 aromatic carbocycles. The van der Waals surface area contributed by atoms with Gasteiger partial charge in [0.1, 0.15) is 6.07 Å². The van der Waals surface area contributed by atoms with Gasteiger partial charge in [-0.05, 0) is 38.1 Å². The molecule has 1 aliphatic rings. The van der Waals surface area contributed by atoms with Gasteiger partial charge in [-0.25, -0.2) is 0 Å². The molecule has 1 saturated heterocycles. The molecule has 1 atom stereocenters. The monoisotopic (exact) mass is 249 g/mol. The lowest BCUT2D eigenvalue weighted by atomic mass is 10.1. The zero-order valence-corrected chi connectivity index (χ0v) is 10.7.